The van der Waals surface area contributed by atoms with Crippen molar-refractivity contribution >= 4 is 23.3 Å². The lowest BCUT2D eigenvalue weighted by Crippen LogP contribution is -2.16. The number of hydrogen-bond acceptors (Lipinski definition) is 7. The summed E-state index contributed by atoms with van der Waals surface area (Å²) in [5.41, 5.74) is 2.05. The Hall–Kier alpha value is -2.79. The Balaban J connectivity index is 1.89. The van der Waals surface area contributed by atoms with Crippen molar-refractivity contribution in [3.8, 4) is 17.1 Å². The first-order valence-corrected chi connectivity index (χ1v) is 8.50. The van der Waals surface area contributed by atoms with Crippen LogP contribution in [0.15, 0.2) is 47.4 Å². The molecule has 0 bridgehead atoms. The van der Waals surface area contributed by atoms with E-state index in [0.717, 1.165) is 10.5 Å². The van der Waals surface area contributed by atoms with Gasteiger partial charge in [0.2, 0.25) is 0 Å². The Morgan fingerprint density at radius 3 is 2.44 bits per heavy atom. The molecule has 2 aromatic carbocycles. The third kappa shape index (κ3) is 4.89. The highest BCUT2D eigenvalue weighted by Gasteiger charge is 2.30. The molecular weight excluding hydrogens is 381 g/mol. The van der Waals surface area contributed by atoms with Gasteiger partial charge in [-0.25, -0.2) is 4.68 Å². The summed E-state index contributed by atoms with van der Waals surface area (Å²) < 4.78 is 45.2. The molecule has 0 aliphatic heterocycles. The maximum atomic E-state index is 12.3. The van der Waals surface area contributed by atoms with Crippen LogP contribution in [0.25, 0.3) is 11.4 Å². The second-order valence-electron chi connectivity index (χ2n) is 5.34. The van der Waals surface area contributed by atoms with E-state index in [9.17, 15) is 13.2 Å². The Labute approximate surface area is 157 Å². The van der Waals surface area contributed by atoms with E-state index in [4.69, 9.17) is 0 Å². The zero-order chi connectivity index (χ0) is 19.4. The monoisotopic (exact) mass is 396 g/mol. The lowest BCUT2D eigenvalue weighted by atomic mass is 10.1. The number of ether oxygens (including phenoxy) is 1. The Bertz CT molecular complexity index is 913. The van der Waals surface area contributed by atoms with E-state index in [-0.39, 0.29) is 5.75 Å². The standard InChI is InChI=1S/C16H15F3N6OS/c1-20-27-12-7-8-14(13(9-12)15-22-23-24-25(15)2)21-10-3-5-11(6-4-10)26-16(17,18)19/h3-9,20-21H,1-2H3. The van der Waals surface area contributed by atoms with Crippen molar-refractivity contribution < 1.29 is 17.9 Å². The number of halogens is 3. The van der Waals surface area contributed by atoms with Gasteiger partial charge >= 0.3 is 6.36 Å². The van der Waals surface area contributed by atoms with Crippen molar-refractivity contribution in [3.63, 3.8) is 0 Å². The van der Waals surface area contributed by atoms with Gasteiger partial charge in [0, 0.05) is 28.9 Å². The van der Waals surface area contributed by atoms with Gasteiger partial charge in [0.05, 0.1) is 0 Å². The van der Waals surface area contributed by atoms with Crippen molar-refractivity contribution in [1.82, 2.24) is 24.9 Å². The molecule has 2 N–H and O–H groups in total. The Morgan fingerprint density at radius 1 is 1.11 bits per heavy atom. The quantitative estimate of drug-likeness (QED) is 0.615. The van der Waals surface area contributed by atoms with Crippen LogP contribution < -0.4 is 14.8 Å². The summed E-state index contributed by atoms with van der Waals surface area (Å²) in [6.45, 7) is 0. The lowest BCUT2D eigenvalue weighted by Gasteiger charge is -2.14. The number of benzene rings is 2. The van der Waals surface area contributed by atoms with Gasteiger partial charge in [-0.15, -0.1) is 18.3 Å². The second-order valence-corrected chi connectivity index (χ2v) is 6.42. The highest BCUT2D eigenvalue weighted by atomic mass is 32.2. The number of nitrogens with zero attached hydrogens (tertiary/aromatic N) is 4. The fourth-order valence-corrected chi connectivity index (χ4v) is 2.90. The number of nitrogens with one attached hydrogen (secondary N) is 2. The number of anilines is 2. The van der Waals surface area contributed by atoms with Crippen LogP contribution >= 0.6 is 11.9 Å². The summed E-state index contributed by atoms with van der Waals surface area (Å²) in [6, 6.07) is 11.1. The maximum Gasteiger partial charge on any atom is 0.573 e. The van der Waals surface area contributed by atoms with Crippen molar-refractivity contribution in [2.75, 3.05) is 12.4 Å². The normalized spacial score (nSPS) is 11.4. The molecule has 0 aliphatic rings. The van der Waals surface area contributed by atoms with Crippen LogP contribution in [-0.2, 0) is 7.05 Å². The smallest absolute Gasteiger partial charge is 0.406 e. The van der Waals surface area contributed by atoms with Crippen molar-refractivity contribution in [2.24, 2.45) is 7.05 Å². The van der Waals surface area contributed by atoms with Gasteiger partial charge in [0.25, 0.3) is 0 Å². The van der Waals surface area contributed by atoms with Crippen molar-refractivity contribution in [1.29, 1.82) is 0 Å². The summed E-state index contributed by atoms with van der Waals surface area (Å²) in [4.78, 5) is 0.954. The predicted molar refractivity (Wildman–Crippen MR) is 95.6 cm³/mol. The van der Waals surface area contributed by atoms with Crippen molar-refractivity contribution in [2.45, 2.75) is 11.3 Å². The van der Waals surface area contributed by atoms with Gasteiger partial charge in [-0.05, 0) is 71.9 Å². The van der Waals surface area contributed by atoms with Gasteiger partial charge < -0.3 is 10.1 Å². The number of hydrogen-bond donors (Lipinski definition) is 2. The third-order valence-corrected chi connectivity index (χ3v) is 4.13. The van der Waals surface area contributed by atoms with Gasteiger partial charge in [0.1, 0.15) is 5.75 Å². The molecule has 3 aromatic rings. The summed E-state index contributed by atoms with van der Waals surface area (Å²) in [5, 5.41) is 14.7. The van der Waals surface area contributed by atoms with E-state index < -0.39 is 6.36 Å². The molecule has 27 heavy (non-hydrogen) atoms. The average Bonchev–Trinajstić information content (AvgIpc) is 3.03. The largest absolute Gasteiger partial charge is 0.573 e. The van der Waals surface area contributed by atoms with Crippen molar-refractivity contribution in [3.05, 3.63) is 42.5 Å². The lowest BCUT2D eigenvalue weighted by molar-refractivity contribution is -0.274. The molecule has 0 amide bonds. The minimum absolute atomic E-state index is 0.286. The molecule has 0 spiro atoms. The van der Waals surface area contributed by atoms with Crippen LogP contribution in [0.2, 0.25) is 0 Å². The summed E-state index contributed by atoms with van der Waals surface area (Å²) >= 11 is 1.44. The maximum absolute atomic E-state index is 12.3. The minimum atomic E-state index is -4.72. The van der Waals surface area contributed by atoms with E-state index >= 15 is 0 Å². The van der Waals surface area contributed by atoms with Crippen LogP contribution in [0.4, 0.5) is 24.5 Å². The molecule has 0 aliphatic carbocycles. The number of rotatable bonds is 6. The van der Waals surface area contributed by atoms with E-state index in [1.807, 2.05) is 25.2 Å². The Kier molecular flexibility index (Phi) is 5.51. The van der Waals surface area contributed by atoms with E-state index in [0.29, 0.717) is 17.2 Å². The molecule has 0 atom stereocenters. The number of aromatic nitrogens is 4. The van der Waals surface area contributed by atoms with E-state index in [1.165, 1.54) is 40.9 Å². The summed E-state index contributed by atoms with van der Waals surface area (Å²) in [7, 11) is 3.53. The van der Waals surface area contributed by atoms with Crippen LogP contribution in [0.3, 0.4) is 0 Å². The molecule has 3 rings (SSSR count). The topological polar surface area (TPSA) is 76.9 Å². The molecule has 7 nitrogen and oxygen atoms in total. The highest BCUT2D eigenvalue weighted by Crippen LogP contribution is 2.33. The minimum Gasteiger partial charge on any atom is -0.406 e. The molecule has 11 heteroatoms. The molecule has 0 saturated heterocycles. The first-order valence-electron chi connectivity index (χ1n) is 7.69. The second kappa shape index (κ2) is 7.84. The fourth-order valence-electron chi connectivity index (χ4n) is 2.35. The van der Waals surface area contributed by atoms with Gasteiger partial charge in [-0.2, -0.15) is 0 Å². The van der Waals surface area contributed by atoms with Crippen LogP contribution in [0, 0.1) is 0 Å². The molecule has 1 aromatic heterocycles. The molecule has 0 fully saturated rings. The van der Waals surface area contributed by atoms with Crippen LogP contribution in [-0.4, -0.2) is 33.6 Å². The van der Waals surface area contributed by atoms with E-state index in [2.05, 4.69) is 30.3 Å². The third-order valence-electron chi connectivity index (χ3n) is 3.44. The number of alkyl halides is 3. The molecule has 142 valence electrons. The van der Waals surface area contributed by atoms with Crippen LogP contribution in [0.1, 0.15) is 0 Å². The first-order chi connectivity index (χ1) is 12.9. The molecule has 0 unspecified atom stereocenters. The molecule has 0 radical (unpaired) electrons. The summed E-state index contributed by atoms with van der Waals surface area (Å²) in [6.07, 6.45) is -4.72. The fraction of sp³-hybridized carbons (Fsp3) is 0.188. The van der Waals surface area contributed by atoms with Gasteiger partial charge in [-0.1, -0.05) is 0 Å². The zero-order valence-corrected chi connectivity index (χ0v) is 15.1. The SMILES string of the molecule is CNSc1ccc(Nc2ccc(OC(F)(F)F)cc2)c(-c2nnnn2C)c1. The highest BCUT2D eigenvalue weighted by molar-refractivity contribution is 7.97. The number of aryl methyl sites for hydroxylation is 1. The predicted octanol–water partition coefficient (Wildman–Crippen LogP) is 3.75. The first kappa shape index (κ1) is 19.0. The zero-order valence-electron chi connectivity index (χ0n) is 14.3. The molecular formula is C16H15F3N6OS. The number of tetrazole rings is 1. The van der Waals surface area contributed by atoms with Gasteiger partial charge in [0.15, 0.2) is 5.82 Å². The average molecular weight is 396 g/mol. The molecule has 0 saturated carbocycles. The van der Waals surface area contributed by atoms with E-state index in [1.54, 1.807) is 7.05 Å². The molecule has 1 heterocycles. The van der Waals surface area contributed by atoms with Gasteiger partial charge in [-0.3, -0.25) is 4.72 Å². The summed E-state index contributed by atoms with van der Waals surface area (Å²) in [5.74, 6) is 0.264. The Morgan fingerprint density at radius 2 is 1.85 bits per heavy atom. The van der Waals surface area contributed by atoms with Crippen LogP contribution in [0.5, 0.6) is 5.75 Å².